The molecule has 1 fully saturated rings. The van der Waals surface area contributed by atoms with E-state index in [1.54, 1.807) is 6.92 Å². The molecule has 0 aromatic rings. The first-order valence-corrected chi connectivity index (χ1v) is 8.76. The van der Waals surface area contributed by atoms with Crippen LogP contribution < -0.4 is 4.72 Å². The number of rotatable bonds is 8. The van der Waals surface area contributed by atoms with Crippen molar-refractivity contribution in [2.75, 3.05) is 12.3 Å². The largest absolute Gasteiger partial charge is 0.481 e. The van der Waals surface area contributed by atoms with Crippen molar-refractivity contribution >= 4 is 16.0 Å². The maximum atomic E-state index is 11.8. The predicted octanol–water partition coefficient (Wildman–Crippen LogP) is 1.99. The number of hydrogen-bond acceptors (Lipinski definition) is 3. The fourth-order valence-corrected chi connectivity index (χ4v) is 4.01. The summed E-state index contributed by atoms with van der Waals surface area (Å²) in [7, 11) is -3.20. The second-order valence-electron chi connectivity index (χ2n) is 5.56. The summed E-state index contributed by atoms with van der Waals surface area (Å²) in [6.07, 6.45) is 6.58. The molecule has 0 heterocycles. The van der Waals surface area contributed by atoms with Crippen LogP contribution in [-0.2, 0) is 14.8 Å². The lowest BCUT2D eigenvalue weighted by molar-refractivity contribution is -0.141. The highest BCUT2D eigenvalue weighted by Crippen LogP contribution is 2.24. The number of nitrogens with one attached hydrogen (secondary N) is 1. The summed E-state index contributed by atoms with van der Waals surface area (Å²) in [5, 5.41) is 8.72. The van der Waals surface area contributed by atoms with Crippen LogP contribution in [0.25, 0.3) is 0 Å². The fraction of sp³-hybridized carbons (Fsp3) is 0.923. The van der Waals surface area contributed by atoms with Crippen molar-refractivity contribution in [3.8, 4) is 0 Å². The van der Waals surface area contributed by atoms with E-state index in [0.29, 0.717) is 25.3 Å². The van der Waals surface area contributed by atoms with Gasteiger partial charge in [0.05, 0.1) is 11.7 Å². The van der Waals surface area contributed by atoms with Crippen molar-refractivity contribution < 1.29 is 18.3 Å². The van der Waals surface area contributed by atoms with E-state index in [1.165, 1.54) is 6.42 Å². The van der Waals surface area contributed by atoms with E-state index in [0.717, 1.165) is 25.7 Å². The van der Waals surface area contributed by atoms with Gasteiger partial charge in [-0.15, -0.1) is 0 Å². The molecule has 1 aliphatic rings. The Morgan fingerprint density at radius 2 is 1.95 bits per heavy atom. The highest BCUT2D eigenvalue weighted by Gasteiger charge is 2.21. The van der Waals surface area contributed by atoms with E-state index in [4.69, 9.17) is 5.11 Å². The van der Waals surface area contributed by atoms with Gasteiger partial charge in [-0.1, -0.05) is 26.2 Å². The van der Waals surface area contributed by atoms with Crippen molar-refractivity contribution in [1.82, 2.24) is 4.72 Å². The average molecular weight is 291 g/mol. The highest BCUT2D eigenvalue weighted by molar-refractivity contribution is 7.89. The molecule has 1 atom stereocenters. The van der Waals surface area contributed by atoms with Crippen LogP contribution in [0.1, 0.15) is 51.9 Å². The highest BCUT2D eigenvalue weighted by atomic mass is 32.2. The van der Waals surface area contributed by atoms with Crippen molar-refractivity contribution in [2.45, 2.75) is 51.9 Å². The van der Waals surface area contributed by atoms with Gasteiger partial charge in [-0.25, -0.2) is 13.1 Å². The Morgan fingerprint density at radius 3 is 2.53 bits per heavy atom. The Hall–Kier alpha value is -0.620. The zero-order chi connectivity index (χ0) is 14.3. The van der Waals surface area contributed by atoms with Gasteiger partial charge in [0.15, 0.2) is 0 Å². The summed E-state index contributed by atoms with van der Waals surface area (Å²) >= 11 is 0. The Labute approximate surface area is 115 Å². The predicted molar refractivity (Wildman–Crippen MR) is 74.4 cm³/mol. The van der Waals surface area contributed by atoms with Crippen molar-refractivity contribution in [3.63, 3.8) is 0 Å². The minimum atomic E-state index is -3.20. The molecule has 0 radical (unpaired) electrons. The van der Waals surface area contributed by atoms with Gasteiger partial charge in [0.1, 0.15) is 0 Å². The monoisotopic (exact) mass is 291 g/mol. The number of carboxylic acids is 1. The second kappa shape index (κ2) is 7.85. The van der Waals surface area contributed by atoms with Crippen LogP contribution in [0.4, 0.5) is 0 Å². The van der Waals surface area contributed by atoms with E-state index in [-0.39, 0.29) is 5.75 Å². The Kier molecular flexibility index (Phi) is 6.79. The van der Waals surface area contributed by atoms with Crippen LogP contribution in [0.15, 0.2) is 0 Å². The first-order chi connectivity index (χ1) is 8.91. The van der Waals surface area contributed by atoms with Gasteiger partial charge in [0.25, 0.3) is 0 Å². The van der Waals surface area contributed by atoms with E-state index in [9.17, 15) is 13.2 Å². The molecule has 1 rings (SSSR count). The van der Waals surface area contributed by atoms with Crippen LogP contribution in [0, 0.1) is 11.8 Å². The fourth-order valence-electron chi connectivity index (χ4n) is 2.48. The van der Waals surface area contributed by atoms with Gasteiger partial charge in [-0.2, -0.15) is 0 Å². The summed E-state index contributed by atoms with van der Waals surface area (Å²) in [4.78, 5) is 10.6. The number of sulfonamides is 1. The van der Waals surface area contributed by atoms with Gasteiger partial charge in [-0.3, -0.25) is 4.79 Å². The summed E-state index contributed by atoms with van der Waals surface area (Å²) < 4.78 is 26.3. The topological polar surface area (TPSA) is 83.5 Å². The molecule has 0 bridgehead atoms. The lowest BCUT2D eigenvalue weighted by atomic mass is 9.91. The Balaban J connectivity index is 2.21. The minimum absolute atomic E-state index is 0.224. The molecule has 112 valence electrons. The zero-order valence-corrected chi connectivity index (χ0v) is 12.4. The molecule has 1 saturated carbocycles. The van der Waals surface area contributed by atoms with Gasteiger partial charge in [0.2, 0.25) is 10.0 Å². The van der Waals surface area contributed by atoms with Crippen molar-refractivity contribution in [3.05, 3.63) is 0 Å². The number of aliphatic carboxylic acids is 1. The molecule has 0 saturated heterocycles. The van der Waals surface area contributed by atoms with E-state index in [1.807, 2.05) is 0 Å². The molecule has 0 aromatic heterocycles. The standard InChI is InChI=1S/C13H25NO4S/c1-11(13(15)16)6-5-9-14-19(17,18)10-12-7-3-2-4-8-12/h11-12,14H,2-10H2,1H3,(H,15,16). The van der Waals surface area contributed by atoms with Crippen LogP contribution in [-0.4, -0.2) is 31.8 Å². The van der Waals surface area contributed by atoms with E-state index >= 15 is 0 Å². The molecule has 19 heavy (non-hydrogen) atoms. The summed E-state index contributed by atoms with van der Waals surface area (Å²) in [5.74, 6) is -0.723. The van der Waals surface area contributed by atoms with Crippen molar-refractivity contribution in [1.29, 1.82) is 0 Å². The third-order valence-corrected chi connectivity index (χ3v) is 5.29. The van der Waals surface area contributed by atoms with Crippen LogP contribution >= 0.6 is 0 Å². The maximum Gasteiger partial charge on any atom is 0.306 e. The van der Waals surface area contributed by atoms with Gasteiger partial charge < -0.3 is 5.11 Å². The normalized spacial score (nSPS) is 19.2. The molecule has 6 heteroatoms. The molecular weight excluding hydrogens is 266 g/mol. The van der Waals surface area contributed by atoms with E-state index in [2.05, 4.69) is 4.72 Å². The zero-order valence-electron chi connectivity index (χ0n) is 11.6. The van der Waals surface area contributed by atoms with Gasteiger partial charge >= 0.3 is 5.97 Å². The summed E-state index contributed by atoms with van der Waals surface area (Å²) in [6.45, 7) is 1.98. The average Bonchev–Trinajstić information content (AvgIpc) is 2.35. The Morgan fingerprint density at radius 1 is 1.32 bits per heavy atom. The van der Waals surface area contributed by atoms with Crippen LogP contribution in [0.5, 0.6) is 0 Å². The summed E-state index contributed by atoms with van der Waals surface area (Å²) in [6, 6.07) is 0. The smallest absolute Gasteiger partial charge is 0.306 e. The van der Waals surface area contributed by atoms with Crippen LogP contribution in [0.3, 0.4) is 0 Å². The maximum absolute atomic E-state index is 11.8. The third kappa shape index (κ3) is 6.92. The molecule has 5 nitrogen and oxygen atoms in total. The number of carboxylic acid groups (broad SMARTS) is 1. The second-order valence-corrected chi connectivity index (χ2v) is 7.41. The first-order valence-electron chi connectivity index (χ1n) is 7.11. The quantitative estimate of drug-likeness (QED) is 0.670. The molecule has 1 aliphatic carbocycles. The minimum Gasteiger partial charge on any atom is -0.481 e. The lowest BCUT2D eigenvalue weighted by Gasteiger charge is -2.21. The third-order valence-electron chi connectivity index (χ3n) is 3.74. The molecule has 0 amide bonds. The first kappa shape index (κ1) is 16.4. The Bertz CT molecular complexity index is 374. The molecule has 0 aromatic carbocycles. The SMILES string of the molecule is CC(CCCNS(=O)(=O)CC1CCCCC1)C(=O)O. The molecule has 1 unspecified atom stereocenters. The molecule has 0 aliphatic heterocycles. The number of hydrogen-bond donors (Lipinski definition) is 2. The molecule has 2 N–H and O–H groups in total. The van der Waals surface area contributed by atoms with Crippen LogP contribution in [0.2, 0.25) is 0 Å². The molecular formula is C13H25NO4S. The van der Waals surface area contributed by atoms with Crippen molar-refractivity contribution in [2.24, 2.45) is 11.8 Å². The van der Waals surface area contributed by atoms with Gasteiger partial charge in [0, 0.05) is 6.54 Å². The lowest BCUT2D eigenvalue weighted by Crippen LogP contribution is -2.31. The number of carbonyl (C=O) groups is 1. The van der Waals surface area contributed by atoms with Gasteiger partial charge in [-0.05, 0) is 31.6 Å². The van der Waals surface area contributed by atoms with E-state index < -0.39 is 21.9 Å². The summed E-state index contributed by atoms with van der Waals surface area (Å²) in [5.41, 5.74) is 0. The molecule has 0 spiro atoms.